The Morgan fingerprint density at radius 2 is 1.79 bits per heavy atom. The second-order valence-electron chi connectivity index (χ2n) is 5.77. The van der Waals surface area contributed by atoms with Crippen LogP contribution in [-0.2, 0) is 4.79 Å². The predicted octanol–water partition coefficient (Wildman–Crippen LogP) is 5.95. The molecule has 28 heavy (non-hydrogen) atoms. The summed E-state index contributed by atoms with van der Waals surface area (Å²) in [4.78, 5) is 11.9. The van der Waals surface area contributed by atoms with Gasteiger partial charge in [-0.1, -0.05) is 65.7 Å². The third kappa shape index (κ3) is 5.58. The lowest BCUT2D eigenvalue weighted by Crippen LogP contribution is -2.24. The Morgan fingerprint density at radius 3 is 2.50 bits per heavy atom. The summed E-state index contributed by atoms with van der Waals surface area (Å²) in [7, 11) is 0. The molecule has 7 heteroatoms. The molecular formula is C21H15BrCl2N2O2. The summed E-state index contributed by atoms with van der Waals surface area (Å²) >= 11 is 15.3. The number of hydrazone groups is 1. The largest absolute Gasteiger partial charge is 0.483 e. The number of amides is 1. The normalized spacial score (nSPS) is 10.8. The molecule has 0 spiro atoms. The fourth-order valence-electron chi connectivity index (χ4n) is 2.38. The Hall–Kier alpha value is -2.34. The van der Waals surface area contributed by atoms with Crippen molar-refractivity contribution in [3.8, 4) is 16.9 Å². The van der Waals surface area contributed by atoms with Gasteiger partial charge in [0.25, 0.3) is 5.91 Å². The lowest BCUT2D eigenvalue weighted by Gasteiger charge is -2.09. The van der Waals surface area contributed by atoms with Crippen molar-refractivity contribution in [2.75, 3.05) is 6.61 Å². The second-order valence-corrected chi connectivity index (χ2v) is 7.44. The van der Waals surface area contributed by atoms with Crippen molar-refractivity contribution in [2.24, 2.45) is 5.10 Å². The molecule has 0 saturated carbocycles. The molecule has 1 amide bonds. The topological polar surface area (TPSA) is 50.7 Å². The van der Waals surface area contributed by atoms with Crippen LogP contribution in [0.5, 0.6) is 5.75 Å². The number of rotatable bonds is 6. The smallest absolute Gasteiger partial charge is 0.277 e. The molecular weight excluding hydrogens is 463 g/mol. The highest BCUT2D eigenvalue weighted by molar-refractivity contribution is 9.10. The highest BCUT2D eigenvalue weighted by Gasteiger charge is 2.07. The van der Waals surface area contributed by atoms with Gasteiger partial charge in [0.2, 0.25) is 0 Å². The first kappa shape index (κ1) is 20.4. The van der Waals surface area contributed by atoms with Crippen molar-refractivity contribution < 1.29 is 9.53 Å². The summed E-state index contributed by atoms with van der Waals surface area (Å²) in [5.41, 5.74) is 5.28. The van der Waals surface area contributed by atoms with E-state index in [0.29, 0.717) is 15.8 Å². The molecule has 0 heterocycles. The minimum atomic E-state index is -0.379. The fraction of sp³-hybridized carbons (Fsp3) is 0.0476. The minimum absolute atomic E-state index is 0.165. The first-order valence-electron chi connectivity index (χ1n) is 8.27. The zero-order valence-electron chi connectivity index (χ0n) is 14.5. The van der Waals surface area contributed by atoms with E-state index < -0.39 is 0 Å². The highest BCUT2D eigenvalue weighted by Crippen LogP contribution is 2.30. The quantitative estimate of drug-likeness (QED) is 0.352. The van der Waals surface area contributed by atoms with Crippen LogP contribution >= 0.6 is 39.1 Å². The van der Waals surface area contributed by atoms with Gasteiger partial charge in [0, 0.05) is 0 Å². The Bertz CT molecular complexity index is 1010. The number of hydrogen-bond donors (Lipinski definition) is 1. The molecule has 0 bridgehead atoms. The second kappa shape index (κ2) is 9.73. The van der Waals surface area contributed by atoms with Gasteiger partial charge < -0.3 is 4.74 Å². The van der Waals surface area contributed by atoms with Crippen LogP contribution in [0.4, 0.5) is 0 Å². The van der Waals surface area contributed by atoms with Gasteiger partial charge in [-0.15, -0.1) is 0 Å². The maximum absolute atomic E-state index is 11.9. The molecule has 0 aliphatic rings. The van der Waals surface area contributed by atoms with Gasteiger partial charge in [-0.25, -0.2) is 5.43 Å². The number of nitrogens with zero attached hydrogens (tertiary/aromatic N) is 1. The van der Waals surface area contributed by atoms with E-state index in [1.807, 2.05) is 48.5 Å². The van der Waals surface area contributed by atoms with Gasteiger partial charge >= 0.3 is 0 Å². The minimum Gasteiger partial charge on any atom is -0.483 e. The number of ether oxygens (including phenoxy) is 1. The van der Waals surface area contributed by atoms with Crippen molar-refractivity contribution >= 4 is 51.3 Å². The lowest BCUT2D eigenvalue weighted by molar-refractivity contribution is -0.123. The number of carbonyl (C=O) groups is 1. The molecule has 3 aromatic carbocycles. The van der Waals surface area contributed by atoms with E-state index in [9.17, 15) is 4.79 Å². The van der Waals surface area contributed by atoms with Gasteiger partial charge in [-0.2, -0.15) is 5.10 Å². The number of halogens is 3. The van der Waals surface area contributed by atoms with Crippen LogP contribution in [0.1, 0.15) is 5.56 Å². The van der Waals surface area contributed by atoms with E-state index >= 15 is 0 Å². The van der Waals surface area contributed by atoms with Crippen molar-refractivity contribution in [2.45, 2.75) is 0 Å². The molecule has 142 valence electrons. The van der Waals surface area contributed by atoms with Crippen molar-refractivity contribution in [1.29, 1.82) is 0 Å². The maximum Gasteiger partial charge on any atom is 0.277 e. The van der Waals surface area contributed by atoms with E-state index in [1.165, 1.54) is 6.21 Å². The van der Waals surface area contributed by atoms with Gasteiger partial charge in [-0.05, 0) is 56.9 Å². The van der Waals surface area contributed by atoms with Crippen molar-refractivity contribution in [1.82, 2.24) is 5.43 Å². The van der Waals surface area contributed by atoms with Crippen molar-refractivity contribution in [3.63, 3.8) is 0 Å². The molecule has 3 rings (SSSR count). The van der Waals surface area contributed by atoms with E-state index in [-0.39, 0.29) is 12.5 Å². The number of benzene rings is 3. The summed E-state index contributed by atoms with van der Waals surface area (Å²) in [5.74, 6) is 0.193. The third-order valence-corrected chi connectivity index (χ3v) is 5.10. The number of carbonyl (C=O) groups excluding carboxylic acids is 1. The Morgan fingerprint density at radius 1 is 1.00 bits per heavy atom. The summed E-state index contributed by atoms with van der Waals surface area (Å²) in [6.45, 7) is -0.165. The first-order chi connectivity index (χ1) is 13.5. The SMILES string of the molecule is O=C(COc1ccc(-c2ccccc2)cc1Br)N/N=C/c1ccc(Cl)c(Cl)c1. The predicted molar refractivity (Wildman–Crippen MR) is 117 cm³/mol. The maximum atomic E-state index is 11.9. The van der Waals surface area contributed by atoms with Gasteiger partial charge in [0.15, 0.2) is 6.61 Å². The average Bonchev–Trinajstić information content (AvgIpc) is 2.70. The standard InChI is InChI=1S/C21H15BrCl2N2O2/c22-17-11-16(15-4-2-1-3-5-15)7-9-20(17)28-13-21(27)26-25-12-14-6-8-18(23)19(24)10-14/h1-12H,13H2,(H,26,27)/b25-12+. The zero-order chi connectivity index (χ0) is 19.9. The van der Waals surface area contributed by atoms with Crippen LogP contribution in [-0.4, -0.2) is 18.7 Å². The monoisotopic (exact) mass is 476 g/mol. The molecule has 4 nitrogen and oxygen atoms in total. The molecule has 0 atom stereocenters. The molecule has 1 N–H and O–H groups in total. The van der Waals surface area contributed by atoms with Crippen LogP contribution in [0, 0.1) is 0 Å². The molecule has 0 saturated heterocycles. The van der Waals surface area contributed by atoms with Crippen molar-refractivity contribution in [3.05, 3.63) is 86.8 Å². The average molecular weight is 478 g/mol. The van der Waals surface area contributed by atoms with Crippen LogP contribution in [0.25, 0.3) is 11.1 Å². The molecule has 0 aliphatic heterocycles. The van der Waals surface area contributed by atoms with E-state index in [2.05, 4.69) is 26.5 Å². The lowest BCUT2D eigenvalue weighted by atomic mass is 10.1. The molecule has 0 unspecified atom stereocenters. The zero-order valence-corrected chi connectivity index (χ0v) is 17.6. The molecule has 0 aromatic heterocycles. The number of hydrogen-bond acceptors (Lipinski definition) is 3. The van der Waals surface area contributed by atoms with Gasteiger partial charge in [-0.3, -0.25) is 4.79 Å². The molecule has 0 aliphatic carbocycles. The summed E-state index contributed by atoms with van der Waals surface area (Å²) < 4.78 is 6.32. The van der Waals surface area contributed by atoms with E-state index in [0.717, 1.165) is 21.2 Å². The van der Waals surface area contributed by atoms with Crippen LogP contribution in [0.15, 0.2) is 76.3 Å². The molecule has 0 fully saturated rings. The van der Waals surface area contributed by atoms with Crippen LogP contribution in [0.2, 0.25) is 10.0 Å². The van der Waals surface area contributed by atoms with E-state index in [1.54, 1.807) is 18.2 Å². The Balaban J connectivity index is 1.54. The molecule has 3 aromatic rings. The van der Waals surface area contributed by atoms with E-state index in [4.69, 9.17) is 27.9 Å². The first-order valence-corrected chi connectivity index (χ1v) is 9.82. The third-order valence-electron chi connectivity index (χ3n) is 3.74. The number of nitrogens with one attached hydrogen (secondary N) is 1. The summed E-state index contributed by atoms with van der Waals surface area (Å²) in [6, 6.07) is 20.8. The van der Waals surface area contributed by atoms with Gasteiger partial charge in [0.05, 0.1) is 20.7 Å². The van der Waals surface area contributed by atoms with Gasteiger partial charge in [0.1, 0.15) is 5.75 Å². The summed E-state index contributed by atoms with van der Waals surface area (Å²) in [5, 5.41) is 4.76. The Labute approximate surface area is 181 Å². The van der Waals surface area contributed by atoms with Crippen LogP contribution in [0.3, 0.4) is 0 Å². The van der Waals surface area contributed by atoms with Crippen LogP contribution < -0.4 is 10.2 Å². The summed E-state index contributed by atoms with van der Waals surface area (Å²) in [6.07, 6.45) is 1.48. The fourth-order valence-corrected chi connectivity index (χ4v) is 3.17. The Kier molecular flexibility index (Phi) is 7.09. The highest BCUT2D eigenvalue weighted by atomic mass is 79.9. The molecule has 0 radical (unpaired) electrons.